The Morgan fingerprint density at radius 1 is 1.07 bits per heavy atom. The summed E-state index contributed by atoms with van der Waals surface area (Å²) in [6.45, 7) is 0. The van der Waals surface area contributed by atoms with Gasteiger partial charge in [0.25, 0.3) is 0 Å². The molecule has 1 N–H and O–H groups in total. The molecule has 1 amide bonds. The Morgan fingerprint density at radius 3 is 2.33 bits per heavy atom. The predicted molar refractivity (Wildman–Crippen MR) is 58.1 cm³/mol. The van der Waals surface area contributed by atoms with Crippen LogP contribution in [0.1, 0.15) is 57.8 Å². The Balaban J connectivity index is 1.59. The van der Waals surface area contributed by atoms with Gasteiger partial charge >= 0.3 is 0 Å². The van der Waals surface area contributed by atoms with E-state index >= 15 is 0 Å². The molecule has 2 aliphatic rings. The molecule has 2 saturated carbocycles. The van der Waals surface area contributed by atoms with Crippen molar-refractivity contribution in [1.29, 1.82) is 0 Å². The fourth-order valence-electron chi connectivity index (χ4n) is 2.67. The average molecular weight is 211 g/mol. The van der Waals surface area contributed by atoms with E-state index in [2.05, 4.69) is 5.48 Å². The lowest BCUT2D eigenvalue weighted by atomic mass is 10.0. The van der Waals surface area contributed by atoms with Crippen LogP contribution < -0.4 is 5.48 Å². The fourth-order valence-corrected chi connectivity index (χ4v) is 2.67. The highest BCUT2D eigenvalue weighted by Gasteiger charge is 2.20. The van der Waals surface area contributed by atoms with Crippen molar-refractivity contribution in [2.45, 2.75) is 63.9 Å². The van der Waals surface area contributed by atoms with Crippen LogP contribution in [0.4, 0.5) is 0 Å². The third-order valence-corrected chi connectivity index (χ3v) is 3.59. The molecule has 0 aromatic rings. The Hall–Kier alpha value is -0.570. The Labute approximate surface area is 91.5 Å². The molecule has 0 aliphatic heterocycles. The van der Waals surface area contributed by atoms with Gasteiger partial charge in [0.15, 0.2) is 0 Å². The van der Waals surface area contributed by atoms with E-state index in [-0.39, 0.29) is 12.0 Å². The zero-order valence-electron chi connectivity index (χ0n) is 9.34. The highest BCUT2D eigenvalue weighted by Crippen LogP contribution is 2.27. The molecule has 0 heterocycles. The van der Waals surface area contributed by atoms with Gasteiger partial charge in [0.2, 0.25) is 5.91 Å². The van der Waals surface area contributed by atoms with E-state index in [9.17, 15) is 4.79 Å². The van der Waals surface area contributed by atoms with Crippen molar-refractivity contribution < 1.29 is 9.63 Å². The highest BCUT2D eigenvalue weighted by molar-refractivity contribution is 5.75. The van der Waals surface area contributed by atoms with E-state index in [0.717, 1.165) is 12.8 Å². The van der Waals surface area contributed by atoms with Gasteiger partial charge in [-0.15, -0.1) is 0 Å². The summed E-state index contributed by atoms with van der Waals surface area (Å²) in [5.41, 5.74) is 2.61. The Bertz CT molecular complexity index is 206. The number of hydrogen-bond acceptors (Lipinski definition) is 2. The lowest BCUT2D eigenvalue weighted by Crippen LogP contribution is -2.29. The third-order valence-electron chi connectivity index (χ3n) is 3.59. The van der Waals surface area contributed by atoms with Crippen LogP contribution in [0.25, 0.3) is 0 Å². The Morgan fingerprint density at radius 2 is 1.67 bits per heavy atom. The molecular weight excluding hydrogens is 190 g/mol. The number of amides is 1. The lowest BCUT2D eigenvalue weighted by Gasteiger charge is -2.13. The first-order valence-electron chi connectivity index (χ1n) is 6.29. The van der Waals surface area contributed by atoms with Gasteiger partial charge < -0.3 is 0 Å². The van der Waals surface area contributed by atoms with Crippen LogP contribution in [0.2, 0.25) is 0 Å². The first kappa shape index (κ1) is 10.9. The minimum Gasteiger partial charge on any atom is -0.273 e. The molecule has 0 aromatic heterocycles. The van der Waals surface area contributed by atoms with E-state index in [0.29, 0.717) is 12.3 Å². The van der Waals surface area contributed by atoms with Crippen molar-refractivity contribution in [1.82, 2.24) is 5.48 Å². The van der Waals surface area contributed by atoms with Crippen LogP contribution in [-0.2, 0) is 9.63 Å². The van der Waals surface area contributed by atoms with E-state index in [1.165, 1.54) is 38.5 Å². The van der Waals surface area contributed by atoms with Crippen LogP contribution >= 0.6 is 0 Å². The topological polar surface area (TPSA) is 38.3 Å². The van der Waals surface area contributed by atoms with Gasteiger partial charge in [-0.05, 0) is 31.6 Å². The second-order valence-corrected chi connectivity index (χ2v) is 4.90. The molecule has 0 atom stereocenters. The normalized spacial score (nSPS) is 23.5. The molecule has 0 bridgehead atoms. The zero-order chi connectivity index (χ0) is 10.5. The summed E-state index contributed by atoms with van der Waals surface area (Å²) in [4.78, 5) is 16.9. The monoisotopic (exact) mass is 211 g/mol. The largest absolute Gasteiger partial charge is 0.273 e. The van der Waals surface area contributed by atoms with Crippen molar-refractivity contribution in [2.24, 2.45) is 5.92 Å². The minimum atomic E-state index is 0.0776. The van der Waals surface area contributed by atoms with Crippen molar-refractivity contribution in [3.8, 4) is 0 Å². The number of carbonyl (C=O) groups is 1. The molecule has 0 unspecified atom stereocenters. The molecule has 15 heavy (non-hydrogen) atoms. The fraction of sp³-hybridized carbons (Fsp3) is 0.917. The van der Waals surface area contributed by atoms with Crippen molar-refractivity contribution >= 4 is 5.91 Å². The average Bonchev–Trinajstić information content (AvgIpc) is 2.86. The van der Waals surface area contributed by atoms with Crippen molar-refractivity contribution in [3.05, 3.63) is 0 Å². The Kier molecular flexibility index (Phi) is 4.01. The summed E-state index contributed by atoms with van der Waals surface area (Å²) in [7, 11) is 0. The molecule has 0 spiro atoms. The number of rotatable bonds is 4. The zero-order valence-corrected chi connectivity index (χ0v) is 9.34. The summed E-state index contributed by atoms with van der Waals surface area (Å²) < 4.78 is 0. The molecule has 2 fully saturated rings. The van der Waals surface area contributed by atoms with E-state index in [1.54, 1.807) is 0 Å². The van der Waals surface area contributed by atoms with Crippen molar-refractivity contribution in [3.63, 3.8) is 0 Å². The number of hydroxylamine groups is 1. The predicted octanol–water partition coefficient (Wildman–Crippen LogP) is 2.56. The quantitative estimate of drug-likeness (QED) is 0.726. The van der Waals surface area contributed by atoms with Gasteiger partial charge in [0, 0.05) is 6.42 Å². The van der Waals surface area contributed by atoms with E-state index in [1.807, 2.05) is 0 Å². The summed E-state index contributed by atoms with van der Waals surface area (Å²) in [5, 5.41) is 0. The molecule has 0 saturated heterocycles. The lowest BCUT2D eigenvalue weighted by molar-refractivity contribution is -0.139. The smallest absolute Gasteiger partial charge is 0.243 e. The van der Waals surface area contributed by atoms with Crippen LogP contribution in [0.5, 0.6) is 0 Å². The summed E-state index contributed by atoms with van der Waals surface area (Å²) in [6.07, 6.45) is 10.6. The van der Waals surface area contributed by atoms with Gasteiger partial charge in [0.05, 0.1) is 6.10 Å². The molecule has 3 nitrogen and oxygen atoms in total. The summed E-state index contributed by atoms with van der Waals surface area (Å²) >= 11 is 0. The van der Waals surface area contributed by atoms with Gasteiger partial charge in [-0.1, -0.05) is 25.7 Å². The number of carbonyl (C=O) groups excluding carboxylic acids is 1. The first-order valence-corrected chi connectivity index (χ1v) is 6.29. The SMILES string of the molecule is O=C(CC1CCCC1)NOC1CCCC1. The van der Waals surface area contributed by atoms with Crippen LogP contribution in [0.3, 0.4) is 0 Å². The first-order chi connectivity index (χ1) is 7.34. The second kappa shape index (κ2) is 5.50. The standard InChI is InChI=1S/C12H21NO2/c14-12(9-10-5-1-2-6-10)13-15-11-7-3-4-8-11/h10-11H,1-9H2,(H,13,14). The van der Waals surface area contributed by atoms with Crippen LogP contribution in [-0.4, -0.2) is 12.0 Å². The molecule has 0 radical (unpaired) electrons. The highest BCUT2D eigenvalue weighted by atomic mass is 16.7. The van der Waals surface area contributed by atoms with Crippen LogP contribution in [0.15, 0.2) is 0 Å². The maximum atomic E-state index is 11.5. The third kappa shape index (κ3) is 3.49. The minimum absolute atomic E-state index is 0.0776. The maximum Gasteiger partial charge on any atom is 0.243 e. The number of nitrogens with one attached hydrogen (secondary N) is 1. The molecule has 3 heteroatoms. The maximum absolute atomic E-state index is 11.5. The summed E-state index contributed by atoms with van der Waals surface area (Å²) in [6, 6.07) is 0. The molecule has 0 aromatic carbocycles. The van der Waals surface area contributed by atoms with Gasteiger partial charge in [-0.2, -0.15) is 0 Å². The van der Waals surface area contributed by atoms with Crippen molar-refractivity contribution in [2.75, 3.05) is 0 Å². The van der Waals surface area contributed by atoms with E-state index in [4.69, 9.17) is 4.84 Å². The molecule has 86 valence electrons. The van der Waals surface area contributed by atoms with Crippen LogP contribution in [0, 0.1) is 5.92 Å². The molecule has 2 aliphatic carbocycles. The van der Waals surface area contributed by atoms with Gasteiger partial charge in [0.1, 0.15) is 0 Å². The molecule has 2 rings (SSSR count). The van der Waals surface area contributed by atoms with Gasteiger partial charge in [-0.25, -0.2) is 5.48 Å². The van der Waals surface area contributed by atoms with Gasteiger partial charge in [-0.3, -0.25) is 9.63 Å². The molecular formula is C12H21NO2. The van der Waals surface area contributed by atoms with E-state index < -0.39 is 0 Å². The summed E-state index contributed by atoms with van der Waals surface area (Å²) in [5.74, 6) is 0.686. The number of hydrogen-bond donors (Lipinski definition) is 1. The second-order valence-electron chi connectivity index (χ2n) is 4.90.